The van der Waals surface area contributed by atoms with Crippen molar-refractivity contribution in [2.75, 3.05) is 13.2 Å². The Kier molecular flexibility index (Phi) is 7.67. The van der Waals surface area contributed by atoms with Gasteiger partial charge in [0.05, 0.1) is 13.2 Å². The normalized spacial score (nSPS) is 21.6. The second-order valence-corrected chi connectivity index (χ2v) is 5.28. The van der Waals surface area contributed by atoms with Gasteiger partial charge in [0.25, 0.3) is 0 Å². The van der Waals surface area contributed by atoms with Gasteiger partial charge in [0.2, 0.25) is 0 Å². The molecule has 0 N–H and O–H groups in total. The largest absolute Gasteiger partial charge is 0.371 e. The van der Waals surface area contributed by atoms with E-state index in [2.05, 4.69) is 22.9 Å². The SMILES string of the molecule is CCCCCCCCC(Br)OCC1CO1. The summed E-state index contributed by atoms with van der Waals surface area (Å²) in [6.07, 6.45) is 9.59. The van der Waals surface area contributed by atoms with E-state index in [1.807, 2.05) is 0 Å². The number of epoxide rings is 1. The van der Waals surface area contributed by atoms with E-state index in [-0.39, 0.29) is 5.01 Å². The van der Waals surface area contributed by atoms with Crippen LogP contribution in [0.5, 0.6) is 0 Å². The van der Waals surface area contributed by atoms with Crippen molar-refractivity contribution in [3.63, 3.8) is 0 Å². The molecule has 2 unspecified atom stereocenters. The number of alkyl halides is 1. The Morgan fingerprint density at radius 2 is 1.93 bits per heavy atom. The molecule has 15 heavy (non-hydrogen) atoms. The lowest BCUT2D eigenvalue weighted by molar-refractivity contribution is 0.0944. The minimum absolute atomic E-state index is 0.230. The highest BCUT2D eigenvalue weighted by molar-refractivity contribution is 9.09. The van der Waals surface area contributed by atoms with Gasteiger partial charge >= 0.3 is 0 Å². The highest BCUT2D eigenvalue weighted by Crippen LogP contribution is 2.17. The Labute approximate surface area is 102 Å². The predicted octanol–water partition coefficient (Wildman–Crippen LogP) is 3.87. The van der Waals surface area contributed by atoms with Crippen molar-refractivity contribution in [2.24, 2.45) is 0 Å². The average molecular weight is 279 g/mol. The van der Waals surface area contributed by atoms with Crippen LogP contribution in [0.2, 0.25) is 0 Å². The predicted molar refractivity (Wildman–Crippen MR) is 66.4 cm³/mol. The van der Waals surface area contributed by atoms with Crippen LogP contribution in [-0.2, 0) is 9.47 Å². The summed E-state index contributed by atoms with van der Waals surface area (Å²) in [6.45, 7) is 3.89. The molecule has 0 aromatic carbocycles. The molecule has 90 valence electrons. The van der Waals surface area contributed by atoms with Gasteiger partial charge in [0.1, 0.15) is 11.1 Å². The van der Waals surface area contributed by atoms with Crippen LogP contribution in [-0.4, -0.2) is 24.3 Å². The van der Waals surface area contributed by atoms with E-state index >= 15 is 0 Å². The third-order valence-electron chi connectivity index (χ3n) is 2.65. The minimum atomic E-state index is 0.230. The van der Waals surface area contributed by atoms with Gasteiger partial charge in [-0.05, 0) is 12.8 Å². The van der Waals surface area contributed by atoms with Crippen LogP contribution in [0.4, 0.5) is 0 Å². The molecule has 0 aromatic rings. The van der Waals surface area contributed by atoms with Gasteiger partial charge in [-0.25, -0.2) is 0 Å². The number of halogens is 1. The van der Waals surface area contributed by atoms with E-state index in [1.54, 1.807) is 0 Å². The lowest BCUT2D eigenvalue weighted by atomic mass is 10.1. The Morgan fingerprint density at radius 3 is 2.60 bits per heavy atom. The first kappa shape index (κ1) is 13.5. The standard InChI is InChI=1S/C12H23BrO2/c1-2-3-4-5-6-7-8-12(13)15-10-11-9-14-11/h11-12H,2-10H2,1H3. The van der Waals surface area contributed by atoms with Crippen LogP contribution < -0.4 is 0 Å². The maximum atomic E-state index is 5.59. The molecule has 1 heterocycles. The molecule has 0 radical (unpaired) electrons. The molecule has 0 saturated carbocycles. The highest BCUT2D eigenvalue weighted by Gasteiger charge is 2.23. The van der Waals surface area contributed by atoms with Gasteiger partial charge in [-0.2, -0.15) is 0 Å². The highest BCUT2D eigenvalue weighted by atomic mass is 79.9. The van der Waals surface area contributed by atoms with Crippen LogP contribution in [0.25, 0.3) is 0 Å². The molecule has 1 aliphatic heterocycles. The Hall–Kier alpha value is 0.400. The van der Waals surface area contributed by atoms with E-state index in [4.69, 9.17) is 9.47 Å². The zero-order valence-corrected chi connectivity index (χ0v) is 11.3. The van der Waals surface area contributed by atoms with E-state index in [1.165, 1.54) is 38.5 Å². The van der Waals surface area contributed by atoms with Crippen LogP contribution in [0.3, 0.4) is 0 Å². The number of ether oxygens (including phenoxy) is 2. The summed E-state index contributed by atoms with van der Waals surface area (Å²) in [5, 5.41) is 0.230. The van der Waals surface area contributed by atoms with Gasteiger partial charge in [0, 0.05) is 0 Å². The molecule has 1 fully saturated rings. The quantitative estimate of drug-likeness (QED) is 0.344. The molecule has 0 aliphatic carbocycles. The maximum absolute atomic E-state index is 5.59. The van der Waals surface area contributed by atoms with E-state index in [0.717, 1.165) is 19.6 Å². The topological polar surface area (TPSA) is 21.8 Å². The summed E-state index contributed by atoms with van der Waals surface area (Å²) in [5.74, 6) is 0. The fourth-order valence-corrected chi connectivity index (χ4v) is 2.02. The summed E-state index contributed by atoms with van der Waals surface area (Å²) in [6, 6.07) is 0. The van der Waals surface area contributed by atoms with Crippen LogP contribution in [0.15, 0.2) is 0 Å². The zero-order valence-electron chi connectivity index (χ0n) is 9.71. The van der Waals surface area contributed by atoms with Crippen molar-refractivity contribution in [1.29, 1.82) is 0 Å². The first-order chi connectivity index (χ1) is 7.33. The van der Waals surface area contributed by atoms with Gasteiger partial charge in [-0.1, -0.05) is 55.0 Å². The summed E-state index contributed by atoms with van der Waals surface area (Å²) in [4.78, 5) is 0. The molecule has 1 rings (SSSR count). The van der Waals surface area contributed by atoms with Crippen molar-refractivity contribution in [3.8, 4) is 0 Å². The summed E-state index contributed by atoms with van der Waals surface area (Å²) < 4.78 is 10.7. The number of unbranched alkanes of at least 4 members (excludes halogenated alkanes) is 5. The monoisotopic (exact) mass is 278 g/mol. The number of rotatable bonds is 10. The van der Waals surface area contributed by atoms with Crippen LogP contribution in [0.1, 0.15) is 51.9 Å². The zero-order chi connectivity index (χ0) is 10.9. The van der Waals surface area contributed by atoms with Crippen LogP contribution in [0, 0.1) is 0 Å². The molecule has 0 bridgehead atoms. The average Bonchev–Trinajstić information content (AvgIpc) is 3.04. The molecular weight excluding hydrogens is 256 g/mol. The van der Waals surface area contributed by atoms with Crippen molar-refractivity contribution in [3.05, 3.63) is 0 Å². The molecular formula is C12H23BrO2. The molecule has 2 nitrogen and oxygen atoms in total. The first-order valence-electron chi connectivity index (χ1n) is 6.20. The molecule has 3 heteroatoms. The van der Waals surface area contributed by atoms with Gasteiger partial charge < -0.3 is 9.47 Å². The lowest BCUT2D eigenvalue weighted by Crippen LogP contribution is -2.09. The fourth-order valence-electron chi connectivity index (χ4n) is 1.54. The maximum Gasteiger partial charge on any atom is 0.112 e. The van der Waals surface area contributed by atoms with Gasteiger partial charge in [-0.15, -0.1) is 0 Å². The third kappa shape index (κ3) is 8.23. The van der Waals surface area contributed by atoms with Crippen molar-refractivity contribution in [2.45, 2.75) is 63.0 Å². The Bertz CT molecular complexity index is 149. The minimum Gasteiger partial charge on any atom is -0.371 e. The fraction of sp³-hybridized carbons (Fsp3) is 1.00. The smallest absolute Gasteiger partial charge is 0.112 e. The van der Waals surface area contributed by atoms with E-state index in [9.17, 15) is 0 Å². The van der Waals surface area contributed by atoms with E-state index in [0.29, 0.717) is 6.10 Å². The second-order valence-electron chi connectivity index (χ2n) is 4.26. The lowest BCUT2D eigenvalue weighted by Gasteiger charge is -2.09. The van der Waals surface area contributed by atoms with Crippen molar-refractivity contribution >= 4 is 15.9 Å². The number of hydrogen-bond donors (Lipinski definition) is 0. The molecule has 0 amide bonds. The molecule has 1 aliphatic rings. The summed E-state index contributed by atoms with van der Waals surface area (Å²) in [5.41, 5.74) is 0. The van der Waals surface area contributed by atoms with E-state index < -0.39 is 0 Å². The Morgan fingerprint density at radius 1 is 1.27 bits per heavy atom. The summed E-state index contributed by atoms with van der Waals surface area (Å²) in [7, 11) is 0. The van der Waals surface area contributed by atoms with Crippen LogP contribution >= 0.6 is 15.9 Å². The third-order valence-corrected chi connectivity index (χ3v) is 3.37. The Balaban J connectivity index is 1.77. The van der Waals surface area contributed by atoms with Crippen molar-refractivity contribution < 1.29 is 9.47 Å². The molecule has 0 aromatic heterocycles. The second kappa shape index (κ2) is 8.54. The number of hydrogen-bond acceptors (Lipinski definition) is 2. The summed E-state index contributed by atoms with van der Waals surface area (Å²) >= 11 is 3.54. The molecule has 1 saturated heterocycles. The van der Waals surface area contributed by atoms with Gasteiger partial charge in [0.15, 0.2) is 0 Å². The van der Waals surface area contributed by atoms with Crippen molar-refractivity contribution in [1.82, 2.24) is 0 Å². The molecule has 2 atom stereocenters. The van der Waals surface area contributed by atoms with Gasteiger partial charge in [-0.3, -0.25) is 0 Å². The molecule has 0 spiro atoms. The first-order valence-corrected chi connectivity index (χ1v) is 7.11.